The summed E-state index contributed by atoms with van der Waals surface area (Å²) in [6, 6.07) is 0. The first-order valence-corrected chi connectivity index (χ1v) is 12.5. The number of hydrogen-bond donors (Lipinski definition) is 1. The Morgan fingerprint density at radius 2 is 1.73 bits per heavy atom. The third-order valence-electron chi connectivity index (χ3n) is 9.08. The second-order valence-corrected chi connectivity index (χ2v) is 11.3. The van der Waals surface area contributed by atoms with Gasteiger partial charge in [0.25, 0.3) is 0 Å². The molecule has 1 amide bonds. The van der Waals surface area contributed by atoms with Crippen molar-refractivity contribution in [2.45, 2.75) is 83.6 Å². The number of nitrogens with zero attached hydrogens (tertiary/aromatic N) is 3. The molecule has 30 heavy (non-hydrogen) atoms. The zero-order valence-electron chi connectivity index (χ0n) is 18.2. The fourth-order valence-electron chi connectivity index (χ4n) is 8.04. The zero-order chi connectivity index (χ0) is 20.1. The monoisotopic (exact) mass is 408 g/mol. The average Bonchev–Trinajstić information content (AvgIpc) is 2.73. The molecule has 5 saturated carbocycles. The molecule has 0 spiro atoms. The van der Waals surface area contributed by atoms with Gasteiger partial charge in [0.15, 0.2) is 0 Å². The molecule has 2 heterocycles. The van der Waals surface area contributed by atoms with Gasteiger partial charge in [-0.2, -0.15) is 0 Å². The molecule has 162 valence electrons. The van der Waals surface area contributed by atoms with E-state index in [9.17, 15) is 4.79 Å². The van der Waals surface area contributed by atoms with Crippen LogP contribution in [0.1, 0.15) is 81.9 Å². The molecule has 6 aliphatic rings. The number of carbonyl (C=O) groups is 1. The molecule has 1 aromatic rings. The van der Waals surface area contributed by atoms with Gasteiger partial charge in [0.1, 0.15) is 12.1 Å². The van der Waals surface area contributed by atoms with Crippen LogP contribution < -0.4 is 5.32 Å². The highest BCUT2D eigenvalue weighted by atomic mass is 16.2. The van der Waals surface area contributed by atoms with E-state index in [1.165, 1.54) is 63.5 Å². The highest BCUT2D eigenvalue weighted by molar-refractivity contribution is 5.95. The smallest absolute Gasteiger partial charge is 0.231 e. The number of anilines is 1. The second kappa shape index (κ2) is 7.58. The first kappa shape index (κ1) is 19.2. The summed E-state index contributed by atoms with van der Waals surface area (Å²) < 4.78 is 0. The number of carbonyl (C=O) groups excluding carboxylic acids is 1. The molecule has 0 saturated heterocycles. The molecule has 7 rings (SSSR count). The van der Waals surface area contributed by atoms with Crippen LogP contribution >= 0.6 is 0 Å². The lowest BCUT2D eigenvalue weighted by molar-refractivity contribution is -0.140. The Morgan fingerprint density at radius 1 is 1.03 bits per heavy atom. The third-order valence-corrected chi connectivity index (χ3v) is 9.08. The summed E-state index contributed by atoms with van der Waals surface area (Å²) in [5.41, 5.74) is 2.21. The minimum atomic E-state index is -0.117. The molecule has 1 aromatic heterocycles. The van der Waals surface area contributed by atoms with E-state index in [0.717, 1.165) is 74.0 Å². The molecule has 5 heteroatoms. The molecule has 0 atom stereocenters. The normalized spacial score (nSPS) is 35.9. The Balaban J connectivity index is 1.15. The van der Waals surface area contributed by atoms with Crippen molar-refractivity contribution in [2.24, 2.45) is 29.1 Å². The number of nitrogens with one attached hydrogen (secondary N) is 1. The third kappa shape index (κ3) is 3.47. The van der Waals surface area contributed by atoms with E-state index in [1.807, 2.05) is 0 Å². The van der Waals surface area contributed by atoms with E-state index in [-0.39, 0.29) is 11.3 Å². The minimum absolute atomic E-state index is 0.117. The lowest BCUT2D eigenvalue weighted by Gasteiger charge is -2.55. The van der Waals surface area contributed by atoms with Crippen LogP contribution in [-0.2, 0) is 17.8 Å². The van der Waals surface area contributed by atoms with Gasteiger partial charge in [-0.25, -0.2) is 9.97 Å². The summed E-state index contributed by atoms with van der Waals surface area (Å²) in [7, 11) is 0. The average molecular weight is 409 g/mol. The van der Waals surface area contributed by atoms with Crippen LogP contribution in [0, 0.1) is 29.1 Å². The maximum Gasteiger partial charge on any atom is 0.231 e. The molecule has 5 nitrogen and oxygen atoms in total. The molecular formula is C25H36N4O. The maximum atomic E-state index is 13.5. The van der Waals surface area contributed by atoms with Crippen LogP contribution in [0.25, 0.3) is 0 Å². The fourth-order valence-corrected chi connectivity index (χ4v) is 8.04. The van der Waals surface area contributed by atoms with Crippen LogP contribution in [0.15, 0.2) is 6.33 Å². The van der Waals surface area contributed by atoms with Crippen LogP contribution in [0.5, 0.6) is 0 Å². The van der Waals surface area contributed by atoms with E-state index >= 15 is 0 Å². The SMILES string of the molecule is O=C(Nc1ncnc2c1CCN(CC1CCCCC1)C2)C12CC3CC(CC(C3)C1)C2. The number of fused-ring (bicyclic) bond motifs is 1. The van der Waals surface area contributed by atoms with Crippen molar-refractivity contribution < 1.29 is 4.79 Å². The summed E-state index contributed by atoms with van der Waals surface area (Å²) in [6.45, 7) is 3.18. The van der Waals surface area contributed by atoms with Gasteiger partial charge >= 0.3 is 0 Å². The predicted molar refractivity (Wildman–Crippen MR) is 117 cm³/mol. The van der Waals surface area contributed by atoms with Gasteiger partial charge in [0.05, 0.1) is 11.1 Å². The van der Waals surface area contributed by atoms with Crippen molar-refractivity contribution in [2.75, 3.05) is 18.4 Å². The molecule has 5 aliphatic carbocycles. The maximum absolute atomic E-state index is 13.5. The van der Waals surface area contributed by atoms with Crippen LogP contribution in [-0.4, -0.2) is 33.9 Å². The first-order valence-electron chi connectivity index (χ1n) is 12.5. The Hall–Kier alpha value is -1.49. The Kier molecular flexibility index (Phi) is 4.85. The van der Waals surface area contributed by atoms with Crippen LogP contribution in [0.3, 0.4) is 0 Å². The van der Waals surface area contributed by atoms with E-state index in [4.69, 9.17) is 0 Å². The first-order chi connectivity index (χ1) is 14.7. The fraction of sp³-hybridized carbons (Fsp3) is 0.800. The van der Waals surface area contributed by atoms with E-state index < -0.39 is 0 Å². The quantitative estimate of drug-likeness (QED) is 0.793. The Bertz CT molecular complexity index is 780. The highest BCUT2D eigenvalue weighted by Crippen LogP contribution is 2.60. The van der Waals surface area contributed by atoms with Gasteiger partial charge in [-0.3, -0.25) is 9.69 Å². The van der Waals surface area contributed by atoms with Gasteiger partial charge in [-0.15, -0.1) is 0 Å². The van der Waals surface area contributed by atoms with E-state index in [0.29, 0.717) is 0 Å². The van der Waals surface area contributed by atoms with Gasteiger partial charge in [-0.05, 0) is 81.5 Å². The minimum Gasteiger partial charge on any atom is -0.310 e. The molecule has 0 unspecified atom stereocenters. The van der Waals surface area contributed by atoms with Gasteiger partial charge in [0.2, 0.25) is 5.91 Å². The summed E-state index contributed by atoms with van der Waals surface area (Å²) >= 11 is 0. The van der Waals surface area contributed by atoms with Gasteiger partial charge in [0, 0.05) is 25.2 Å². The van der Waals surface area contributed by atoms with Gasteiger partial charge < -0.3 is 5.32 Å². The molecule has 0 radical (unpaired) electrons. The summed E-state index contributed by atoms with van der Waals surface area (Å²) in [5, 5.41) is 3.31. The molecular weight excluding hydrogens is 372 g/mol. The van der Waals surface area contributed by atoms with Crippen molar-refractivity contribution in [3.8, 4) is 0 Å². The van der Waals surface area contributed by atoms with E-state index in [1.54, 1.807) is 6.33 Å². The topological polar surface area (TPSA) is 58.1 Å². The number of rotatable bonds is 4. The lowest BCUT2D eigenvalue weighted by atomic mass is 9.49. The van der Waals surface area contributed by atoms with Crippen LogP contribution in [0.4, 0.5) is 5.82 Å². The molecule has 5 fully saturated rings. The molecule has 1 aliphatic heterocycles. The number of amides is 1. The zero-order valence-corrected chi connectivity index (χ0v) is 18.2. The van der Waals surface area contributed by atoms with Crippen molar-refractivity contribution in [3.05, 3.63) is 17.6 Å². The highest BCUT2D eigenvalue weighted by Gasteiger charge is 2.54. The molecule has 0 aromatic carbocycles. The standard InChI is InChI=1S/C25H36N4O/c30-24(25-11-18-8-19(12-25)10-20(9-18)13-25)28-23-21-6-7-29(15-22(21)26-16-27-23)14-17-4-2-1-3-5-17/h16-20H,1-15H2,(H,26,27,28,30). The van der Waals surface area contributed by atoms with Crippen molar-refractivity contribution in [1.82, 2.24) is 14.9 Å². The Labute approximate surface area is 180 Å². The summed E-state index contributed by atoms with van der Waals surface area (Å²) in [5.74, 6) is 4.28. The van der Waals surface area contributed by atoms with E-state index in [2.05, 4.69) is 20.2 Å². The van der Waals surface area contributed by atoms with Crippen molar-refractivity contribution in [1.29, 1.82) is 0 Å². The van der Waals surface area contributed by atoms with Crippen LogP contribution in [0.2, 0.25) is 0 Å². The largest absolute Gasteiger partial charge is 0.310 e. The summed E-state index contributed by atoms with van der Waals surface area (Å²) in [4.78, 5) is 25.2. The Morgan fingerprint density at radius 3 is 2.43 bits per heavy atom. The molecule has 1 N–H and O–H groups in total. The lowest BCUT2D eigenvalue weighted by Crippen LogP contribution is -2.52. The van der Waals surface area contributed by atoms with Gasteiger partial charge in [-0.1, -0.05) is 19.3 Å². The van der Waals surface area contributed by atoms with Crippen molar-refractivity contribution >= 4 is 11.7 Å². The number of aromatic nitrogens is 2. The summed E-state index contributed by atoms with van der Waals surface area (Å²) in [6.07, 6.45) is 17.0. The number of hydrogen-bond acceptors (Lipinski definition) is 4. The van der Waals surface area contributed by atoms with Crippen molar-refractivity contribution in [3.63, 3.8) is 0 Å². The predicted octanol–water partition coefficient (Wildman–Crippen LogP) is 4.57. The second-order valence-electron chi connectivity index (χ2n) is 11.3. The molecule has 4 bridgehead atoms.